The van der Waals surface area contributed by atoms with Crippen molar-refractivity contribution in [2.24, 2.45) is 7.05 Å². The lowest BCUT2D eigenvalue weighted by atomic mass is 10.2. The van der Waals surface area contributed by atoms with E-state index in [9.17, 15) is 14.4 Å². The van der Waals surface area contributed by atoms with Crippen molar-refractivity contribution in [3.8, 4) is 5.88 Å². The SMILES string of the molecule is Cc1cc(C)c2c(OCC(=O)N(C)c3c(N)n(Cc4ccccc4)c(=O)[nH]c3=O)nn(C)c2n1. The number of fused-ring (bicyclic) bond motifs is 1. The first-order valence-electron chi connectivity index (χ1n) is 10.5. The maximum absolute atomic E-state index is 12.9. The Labute approximate surface area is 194 Å². The van der Waals surface area contributed by atoms with Gasteiger partial charge < -0.3 is 15.4 Å². The number of likely N-dealkylation sites (N-methyl/N-ethyl adjacent to an activating group) is 1. The number of aromatic amines is 1. The van der Waals surface area contributed by atoms with Crippen molar-refractivity contribution in [1.82, 2.24) is 24.3 Å². The first kappa shape index (κ1) is 22.8. The van der Waals surface area contributed by atoms with Gasteiger partial charge >= 0.3 is 5.69 Å². The lowest BCUT2D eigenvalue weighted by Gasteiger charge is -2.20. The third kappa shape index (κ3) is 4.15. The third-order valence-electron chi connectivity index (χ3n) is 5.53. The smallest absolute Gasteiger partial charge is 0.330 e. The number of anilines is 2. The molecule has 11 heteroatoms. The van der Waals surface area contributed by atoms with Crippen LogP contribution in [-0.2, 0) is 18.4 Å². The Morgan fingerprint density at radius 3 is 2.62 bits per heavy atom. The molecule has 1 amide bonds. The number of benzene rings is 1. The molecule has 0 atom stereocenters. The highest BCUT2D eigenvalue weighted by Gasteiger charge is 2.23. The van der Waals surface area contributed by atoms with Crippen molar-refractivity contribution in [3.63, 3.8) is 0 Å². The van der Waals surface area contributed by atoms with Crippen LogP contribution < -0.4 is 26.6 Å². The van der Waals surface area contributed by atoms with Gasteiger partial charge in [-0.1, -0.05) is 30.3 Å². The topological polar surface area (TPSA) is 141 Å². The summed E-state index contributed by atoms with van der Waals surface area (Å²) in [5.74, 6) is -0.397. The second-order valence-electron chi connectivity index (χ2n) is 8.01. The maximum Gasteiger partial charge on any atom is 0.330 e. The van der Waals surface area contributed by atoms with Crippen LogP contribution >= 0.6 is 0 Å². The van der Waals surface area contributed by atoms with E-state index >= 15 is 0 Å². The number of nitrogens with two attached hydrogens (primary N) is 1. The van der Waals surface area contributed by atoms with Gasteiger partial charge in [-0.25, -0.2) is 14.5 Å². The van der Waals surface area contributed by atoms with E-state index in [0.29, 0.717) is 11.0 Å². The molecule has 34 heavy (non-hydrogen) atoms. The van der Waals surface area contributed by atoms with E-state index in [2.05, 4.69) is 15.1 Å². The Balaban J connectivity index is 1.60. The molecule has 0 spiro atoms. The molecule has 176 valence electrons. The fraction of sp³-hybridized carbons (Fsp3) is 0.261. The van der Waals surface area contributed by atoms with E-state index in [1.54, 1.807) is 11.7 Å². The Hall–Kier alpha value is -4.41. The van der Waals surface area contributed by atoms with E-state index in [1.165, 1.54) is 11.6 Å². The Morgan fingerprint density at radius 1 is 1.21 bits per heavy atom. The van der Waals surface area contributed by atoms with Crippen LogP contribution in [0.1, 0.15) is 16.8 Å². The van der Waals surface area contributed by atoms with Gasteiger partial charge in [0, 0.05) is 19.8 Å². The minimum absolute atomic E-state index is 0.118. The van der Waals surface area contributed by atoms with E-state index in [-0.39, 0.29) is 23.9 Å². The van der Waals surface area contributed by atoms with Crippen molar-refractivity contribution in [2.45, 2.75) is 20.4 Å². The number of pyridine rings is 1. The average molecular weight is 463 g/mol. The molecule has 0 radical (unpaired) electrons. The van der Waals surface area contributed by atoms with E-state index in [1.807, 2.05) is 50.2 Å². The molecular formula is C23H25N7O4. The quantitative estimate of drug-likeness (QED) is 0.436. The van der Waals surface area contributed by atoms with Crippen LogP contribution in [0.25, 0.3) is 11.0 Å². The lowest BCUT2D eigenvalue weighted by Crippen LogP contribution is -2.41. The summed E-state index contributed by atoms with van der Waals surface area (Å²) < 4.78 is 8.50. The van der Waals surface area contributed by atoms with Gasteiger partial charge in [0.25, 0.3) is 11.5 Å². The van der Waals surface area contributed by atoms with E-state index < -0.39 is 23.8 Å². The summed E-state index contributed by atoms with van der Waals surface area (Å²) in [5.41, 5.74) is 7.83. The van der Waals surface area contributed by atoms with Crippen LogP contribution in [0.3, 0.4) is 0 Å². The Kier molecular flexibility index (Phi) is 5.93. The number of H-pyrrole nitrogens is 1. The third-order valence-corrected chi connectivity index (χ3v) is 5.53. The number of ether oxygens (including phenoxy) is 1. The number of hydrogen-bond acceptors (Lipinski definition) is 7. The normalized spacial score (nSPS) is 11.1. The molecule has 3 aromatic heterocycles. The molecule has 3 heterocycles. The summed E-state index contributed by atoms with van der Waals surface area (Å²) in [5, 5.41) is 5.03. The molecule has 0 bridgehead atoms. The van der Waals surface area contributed by atoms with Gasteiger partial charge in [-0.05, 0) is 31.0 Å². The molecule has 0 saturated carbocycles. The monoisotopic (exact) mass is 463 g/mol. The van der Waals surface area contributed by atoms with Gasteiger partial charge in [0.15, 0.2) is 17.9 Å². The molecule has 0 aliphatic rings. The van der Waals surface area contributed by atoms with Crippen molar-refractivity contribution >= 4 is 28.4 Å². The molecule has 1 aromatic carbocycles. The highest BCUT2D eigenvalue weighted by atomic mass is 16.5. The van der Waals surface area contributed by atoms with Crippen molar-refractivity contribution < 1.29 is 9.53 Å². The number of nitrogens with one attached hydrogen (secondary N) is 1. The standard InChI is InChI=1S/C23H25N7O4/c1-13-10-14(2)25-20-17(13)22(27-29(20)4)34-12-16(31)28(3)18-19(24)30(23(33)26-21(18)32)11-15-8-6-5-7-9-15/h5-10H,11-12,24H2,1-4H3,(H,26,32,33). The van der Waals surface area contributed by atoms with Gasteiger partial charge in [-0.15, -0.1) is 5.10 Å². The van der Waals surface area contributed by atoms with Gasteiger partial charge in [-0.2, -0.15) is 0 Å². The lowest BCUT2D eigenvalue weighted by molar-refractivity contribution is -0.120. The predicted molar refractivity (Wildman–Crippen MR) is 128 cm³/mol. The first-order chi connectivity index (χ1) is 16.2. The average Bonchev–Trinajstić information content (AvgIpc) is 3.11. The number of nitrogen functional groups attached to an aromatic ring is 1. The zero-order chi connectivity index (χ0) is 24.6. The molecule has 0 unspecified atom stereocenters. The number of hydrogen-bond donors (Lipinski definition) is 2. The summed E-state index contributed by atoms with van der Waals surface area (Å²) in [6.07, 6.45) is 0. The zero-order valence-corrected chi connectivity index (χ0v) is 19.3. The molecule has 0 aliphatic carbocycles. The van der Waals surface area contributed by atoms with E-state index in [4.69, 9.17) is 10.5 Å². The number of aromatic nitrogens is 5. The minimum atomic E-state index is -0.763. The summed E-state index contributed by atoms with van der Waals surface area (Å²) in [7, 11) is 3.14. The Morgan fingerprint density at radius 2 is 1.91 bits per heavy atom. The zero-order valence-electron chi connectivity index (χ0n) is 19.3. The summed E-state index contributed by atoms with van der Waals surface area (Å²) in [6, 6.07) is 11.1. The van der Waals surface area contributed by atoms with Gasteiger partial charge in [0.2, 0.25) is 5.88 Å². The number of carbonyl (C=O) groups is 1. The van der Waals surface area contributed by atoms with Crippen LogP contribution in [0, 0.1) is 13.8 Å². The number of rotatable bonds is 6. The summed E-state index contributed by atoms with van der Waals surface area (Å²) in [6.45, 7) is 3.54. The molecule has 4 aromatic rings. The largest absolute Gasteiger partial charge is 0.466 e. The summed E-state index contributed by atoms with van der Waals surface area (Å²) >= 11 is 0. The van der Waals surface area contributed by atoms with Gasteiger partial charge in [0.1, 0.15) is 5.82 Å². The number of carbonyl (C=O) groups excluding carboxylic acids is 1. The maximum atomic E-state index is 12.9. The molecule has 11 nitrogen and oxygen atoms in total. The molecule has 0 aliphatic heterocycles. The second-order valence-corrected chi connectivity index (χ2v) is 8.01. The molecule has 0 fully saturated rings. The molecule has 4 rings (SSSR count). The Bertz CT molecular complexity index is 1500. The molecular weight excluding hydrogens is 438 g/mol. The van der Waals surface area contributed by atoms with Gasteiger partial charge in [-0.3, -0.25) is 19.1 Å². The second kappa shape index (κ2) is 8.85. The summed E-state index contributed by atoms with van der Waals surface area (Å²) in [4.78, 5) is 45.6. The highest BCUT2D eigenvalue weighted by Crippen LogP contribution is 2.27. The fourth-order valence-corrected chi connectivity index (χ4v) is 3.83. The highest BCUT2D eigenvalue weighted by molar-refractivity contribution is 5.96. The minimum Gasteiger partial charge on any atom is -0.466 e. The van der Waals surface area contributed by atoms with Gasteiger partial charge in [0.05, 0.1) is 11.9 Å². The van der Waals surface area contributed by atoms with Crippen molar-refractivity contribution in [2.75, 3.05) is 24.3 Å². The van der Waals surface area contributed by atoms with Crippen LogP contribution in [0.15, 0.2) is 46.0 Å². The van der Waals surface area contributed by atoms with Crippen LogP contribution in [0.4, 0.5) is 11.5 Å². The predicted octanol–water partition coefficient (Wildman–Crippen LogP) is 1.11. The number of amides is 1. The van der Waals surface area contributed by atoms with Crippen LogP contribution in [0.2, 0.25) is 0 Å². The van der Waals surface area contributed by atoms with Crippen molar-refractivity contribution in [1.29, 1.82) is 0 Å². The van der Waals surface area contributed by atoms with Crippen molar-refractivity contribution in [3.05, 3.63) is 74.1 Å². The number of nitrogens with zero attached hydrogens (tertiary/aromatic N) is 5. The first-order valence-corrected chi connectivity index (χ1v) is 10.5. The number of aryl methyl sites for hydroxylation is 3. The molecule has 3 N–H and O–H groups in total. The fourth-order valence-electron chi connectivity index (χ4n) is 3.83. The van der Waals surface area contributed by atoms with E-state index in [0.717, 1.165) is 21.7 Å². The van der Waals surface area contributed by atoms with Crippen LogP contribution in [-0.4, -0.2) is 43.9 Å². The molecule has 0 saturated heterocycles. The van der Waals surface area contributed by atoms with Crippen LogP contribution in [0.5, 0.6) is 5.88 Å².